The summed E-state index contributed by atoms with van der Waals surface area (Å²) in [6.45, 7) is 0.625. The molecule has 0 saturated heterocycles. The molecule has 0 amide bonds. The monoisotopic (exact) mass is 229 g/mol. The summed E-state index contributed by atoms with van der Waals surface area (Å²) in [7, 11) is -1.09. The van der Waals surface area contributed by atoms with Gasteiger partial charge < -0.3 is 10.4 Å². The van der Waals surface area contributed by atoms with Crippen LogP contribution in [0.3, 0.4) is 0 Å². The largest absolute Gasteiger partial charge is 0.477 e. The zero-order valence-corrected chi connectivity index (χ0v) is 8.74. The van der Waals surface area contributed by atoms with Gasteiger partial charge in [-0.1, -0.05) is 0 Å². The Hall–Kier alpha value is -0.560. The normalized spacial score (nSPS) is 16.3. The maximum absolute atomic E-state index is 12.5. The highest BCUT2D eigenvalue weighted by Gasteiger charge is 2.38. The zero-order chi connectivity index (χ0) is 11.4. The Balaban J connectivity index is 3.93. The number of halogens is 2. The van der Waals surface area contributed by atoms with Gasteiger partial charge in [0.15, 0.2) is 0 Å². The van der Waals surface area contributed by atoms with Gasteiger partial charge in [-0.3, -0.25) is 4.21 Å². The lowest BCUT2D eigenvalue weighted by molar-refractivity contribution is -0.164. The molecule has 0 aliphatic heterocycles. The van der Waals surface area contributed by atoms with Gasteiger partial charge in [-0.15, -0.1) is 0 Å². The van der Waals surface area contributed by atoms with Gasteiger partial charge in [0.25, 0.3) is 0 Å². The van der Waals surface area contributed by atoms with Gasteiger partial charge in [0.05, 0.1) is 6.54 Å². The van der Waals surface area contributed by atoms with Gasteiger partial charge >= 0.3 is 11.9 Å². The lowest BCUT2D eigenvalue weighted by Gasteiger charge is -2.16. The molecule has 0 aromatic carbocycles. The number of carboxylic acids is 1. The number of hydrogen-bond donors (Lipinski definition) is 2. The third kappa shape index (κ3) is 5.23. The fraction of sp³-hybridized carbons (Fsp3) is 0.857. The Morgan fingerprint density at radius 3 is 2.50 bits per heavy atom. The molecule has 0 spiro atoms. The molecular weight excluding hydrogens is 216 g/mol. The molecule has 0 aliphatic rings. The Bertz CT molecular complexity index is 235. The number of carboxylic acid groups (broad SMARTS) is 1. The first-order chi connectivity index (χ1) is 6.25. The summed E-state index contributed by atoms with van der Waals surface area (Å²) in [4.78, 5) is 10.0. The predicted molar refractivity (Wildman–Crippen MR) is 49.0 cm³/mol. The second-order valence-corrected chi connectivity index (χ2v) is 4.51. The van der Waals surface area contributed by atoms with Gasteiger partial charge in [0.2, 0.25) is 0 Å². The molecule has 0 heterocycles. The number of carbonyl (C=O) groups is 1. The molecule has 2 unspecified atom stereocenters. The summed E-state index contributed by atoms with van der Waals surface area (Å²) < 4.78 is 35.7. The highest BCUT2D eigenvalue weighted by molar-refractivity contribution is 7.84. The van der Waals surface area contributed by atoms with Crippen LogP contribution < -0.4 is 5.32 Å². The van der Waals surface area contributed by atoms with Crippen molar-refractivity contribution in [3.8, 4) is 0 Å². The van der Waals surface area contributed by atoms with Crippen LogP contribution in [0.5, 0.6) is 0 Å². The SMILES string of the molecule is CC(CS(C)=O)NCC(F)(F)C(=O)O. The van der Waals surface area contributed by atoms with Crippen LogP contribution in [-0.4, -0.2) is 45.8 Å². The second kappa shape index (κ2) is 5.35. The minimum absolute atomic E-state index is 0.218. The van der Waals surface area contributed by atoms with Gasteiger partial charge in [-0.2, -0.15) is 8.78 Å². The van der Waals surface area contributed by atoms with E-state index in [0.29, 0.717) is 0 Å². The van der Waals surface area contributed by atoms with Crippen LogP contribution in [0, 0.1) is 0 Å². The van der Waals surface area contributed by atoms with Crippen molar-refractivity contribution in [2.75, 3.05) is 18.6 Å². The maximum Gasteiger partial charge on any atom is 0.375 e. The Labute approximate surface area is 83.1 Å². The topological polar surface area (TPSA) is 66.4 Å². The Morgan fingerprint density at radius 1 is 1.64 bits per heavy atom. The van der Waals surface area contributed by atoms with E-state index < -0.39 is 35.3 Å². The van der Waals surface area contributed by atoms with E-state index in [1.807, 2.05) is 0 Å². The van der Waals surface area contributed by atoms with Gasteiger partial charge in [0, 0.05) is 28.9 Å². The van der Waals surface area contributed by atoms with Gasteiger partial charge in [-0.05, 0) is 6.92 Å². The molecule has 7 heteroatoms. The van der Waals surface area contributed by atoms with Crippen molar-refractivity contribution in [2.45, 2.75) is 18.9 Å². The Kier molecular flexibility index (Phi) is 5.14. The lowest BCUT2D eigenvalue weighted by atomic mass is 10.3. The third-order valence-electron chi connectivity index (χ3n) is 1.47. The highest BCUT2D eigenvalue weighted by Crippen LogP contribution is 2.11. The summed E-state index contributed by atoms with van der Waals surface area (Å²) in [5.41, 5.74) is 0. The number of hydrogen-bond acceptors (Lipinski definition) is 3. The molecule has 14 heavy (non-hydrogen) atoms. The summed E-state index contributed by atoms with van der Waals surface area (Å²) in [5, 5.41) is 10.4. The first-order valence-corrected chi connectivity index (χ1v) is 5.63. The molecule has 2 N–H and O–H groups in total. The molecule has 0 rings (SSSR count). The number of nitrogens with one attached hydrogen (secondary N) is 1. The second-order valence-electron chi connectivity index (χ2n) is 3.03. The summed E-state index contributed by atoms with van der Waals surface area (Å²) >= 11 is 0. The quantitative estimate of drug-likeness (QED) is 0.676. The smallest absolute Gasteiger partial charge is 0.375 e. The van der Waals surface area contributed by atoms with E-state index in [4.69, 9.17) is 5.11 Å². The fourth-order valence-corrected chi connectivity index (χ4v) is 1.61. The molecule has 0 aliphatic carbocycles. The first-order valence-electron chi connectivity index (χ1n) is 3.90. The van der Waals surface area contributed by atoms with Crippen LogP contribution in [0.1, 0.15) is 6.92 Å². The van der Waals surface area contributed by atoms with Crippen LogP contribution in [0.4, 0.5) is 8.78 Å². The molecule has 0 aromatic rings. The van der Waals surface area contributed by atoms with Crippen molar-refractivity contribution in [1.82, 2.24) is 5.32 Å². The zero-order valence-electron chi connectivity index (χ0n) is 7.92. The van der Waals surface area contributed by atoms with Crippen molar-refractivity contribution in [3.63, 3.8) is 0 Å². The Morgan fingerprint density at radius 2 is 2.14 bits per heavy atom. The van der Waals surface area contributed by atoms with Crippen LogP contribution >= 0.6 is 0 Å². The van der Waals surface area contributed by atoms with Crippen LogP contribution in [0.2, 0.25) is 0 Å². The molecule has 0 aromatic heterocycles. The highest BCUT2D eigenvalue weighted by atomic mass is 32.2. The third-order valence-corrected chi connectivity index (χ3v) is 2.44. The predicted octanol–water partition coefficient (Wildman–Crippen LogP) is 0.0629. The van der Waals surface area contributed by atoms with Crippen LogP contribution in [-0.2, 0) is 15.6 Å². The average Bonchev–Trinajstić information content (AvgIpc) is 1.99. The fourth-order valence-electron chi connectivity index (χ4n) is 0.789. The molecule has 0 saturated carbocycles. The molecule has 2 atom stereocenters. The maximum atomic E-state index is 12.5. The standard InChI is InChI=1S/C7H13F2NO3S/c1-5(3-14(2)13)10-4-7(8,9)6(11)12/h5,10H,3-4H2,1-2H3,(H,11,12). The minimum atomic E-state index is -3.77. The molecular formula is C7H13F2NO3S. The van der Waals surface area contributed by atoms with E-state index >= 15 is 0 Å². The molecule has 0 bridgehead atoms. The van der Waals surface area contributed by atoms with Gasteiger partial charge in [-0.25, -0.2) is 4.79 Å². The van der Waals surface area contributed by atoms with Crippen molar-refractivity contribution >= 4 is 16.8 Å². The summed E-state index contributed by atoms with van der Waals surface area (Å²) in [5.74, 6) is -5.71. The number of alkyl halides is 2. The minimum Gasteiger partial charge on any atom is -0.477 e. The molecule has 0 fully saturated rings. The number of rotatable bonds is 6. The van der Waals surface area contributed by atoms with E-state index in [1.165, 1.54) is 6.26 Å². The van der Waals surface area contributed by atoms with Crippen molar-refractivity contribution in [1.29, 1.82) is 0 Å². The average molecular weight is 229 g/mol. The van der Waals surface area contributed by atoms with E-state index in [1.54, 1.807) is 6.92 Å². The van der Waals surface area contributed by atoms with E-state index in [0.717, 1.165) is 0 Å². The first kappa shape index (κ1) is 13.4. The lowest BCUT2D eigenvalue weighted by Crippen LogP contribution is -2.44. The van der Waals surface area contributed by atoms with E-state index in [2.05, 4.69) is 5.32 Å². The summed E-state index contributed by atoms with van der Waals surface area (Å²) in [6.07, 6.45) is 1.45. The molecule has 0 radical (unpaired) electrons. The molecule has 4 nitrogen and oxygen atoms in total. The molecule has 84 valence electrons. The van der Waals surface area contributed by atoms with E-state index in [9.17, 15) is 17.8 Å². The summed E-state index contributed by atoms with van der Waals surface area (Å²) in [6, 6.07) is -0.397. The van der Waals surface area contributed by atoms with E-state index in [-0.39, 0.29) is 5.75 Å². The van der Waals surface area contributed by atoms with Crippen LogP contribution in [0.25, 0.3) is 0 Å². The van der Waals surface area contributed by atoms with Crippen molar-refractivity contribution < 1.29 is 22.9 Å². The van der Waals surface area contributed by atoms with Crippen molar-refractivity contribution in [2.24, 2.45) is 0 Å². The van der Waals surface area contributed by atoms with Gasteiger partial charge in [0.1, 0.15) is 0 Å². The number of aliphatic carboxylic acids is 1. The van der Waals surface area contributed by atoms with Crippen molar-refractivity contribution in [3.05, 3.63) is 0 Å². The van der Waals surface area contributed by atoms with Crippen LogP contribution in [0.15, 0.2) is 0 Å².